The Kier molecular flexibility index (Phi) is 5.64. The van der Waals surface area contributed by atoms with Crippen molar-refractivity contribution >= 4 is 43.1 Å². The molecule has 0 spiro atoms. The molecule has 0 aliphatic carbocycles. The van der Waals surface area contributed by atoms with Crippen molar-refractivity contribution in [2.45, 2.75) is 0 Å². The molecule has 0 saturated carbocycles. The maximum atomic E-state index is 6.53. The van der Waals surface area contributed by atoms with Gasteiger partial charge in [0.05, 0.1) is 0 Å². The number of hydrogen-bond acceptors (Lipinski definition) is 1. The van der Waals surface area contributed by atoms with E-state index >= 15 is 0 Å². The van der Waals surface area contributed by atoms with Gasteiger partial charge in [-0.15, -0.1) is 0 Å². The highest BCUT2D eigenvalue weighted by molar-refractivity contribution is 6.30. The number of ether oxygens (including phenoxy) is 1. The summed E-state index contributed by atoms with van der Waals surface area (Å²) < 4.78 is 6.53. The van der Waals surface area contributed by atoms with Crippen molar-refractivity contribution in [3.05, 3.63) is 170 Å². The second-order valence-corrected chi connectivity index (χ2v) is 12.4. The van der Waals surface area contributed by atoms with Gasteiger partial charge < -0.3 is 4.74 Å². The topological polar surface area (TPSA) is 9.23 Å². The molecule has 10 rings (SSSR count). The second-order valence-electron chi connectivity index (χ2n) is 12.4. The summed E-state index contributed by atoms with van der Waals surface area (Å²) in [6.45, 7) is 0. The van der Waals surface area contributed by atoms with E-state index < -0.39 is 0 Å². The molecule has 0 N–H and O–H groups in total. The van der Waals surface area contributed by atoms with Crippen molar-refractivity contribution in [2.75, 3.05) is 0 Å². The lowest BCUT2D eigenvalue weighted by atomic mass is 9.81. The SMILES string of the molecule is c1ccc(-c2cccc3c2ccc2c(-c4ccccc4)c4ccccc4c(-c4ccc5c6c(cccc46)-c4ccccc4O5)c23)cc1. The third kappa shape index (κ3) is 3.84. The molecule has 0 saturated heterocycles. The minimum absolute atomic E-state index is 0.905. The zero-order chi connectivity index (χ0) is 30.9. The first-order chi connectivity index (χ1) is 23.3. The van der Waals surface area contributed by atoms with Crippen molar-refractivity contribution < 1.29 is 4.74 Å². The van der Waals surface area contributed by atoms with E-state index in [2.05, 4.69) is 164 Å². The van der Waals surface area contributed by atoms with Gasteiger partial charge in [0.1, 0.15) is 11.5 Å². The molecule has 0 fully saturated rings. The van der Waals surface area contributed by atoms with Crippen LogP contribution < -0.4 is 4.74 Å². The van der Waals surface area contributed by atoms with Crippen LogP contribution in [0.2, 0.25) is 0 Å². The molecule has 0 radical (unpaired) electrons. The summed E-state index contributed by atoms with van der Waals surface area (Å²) in [5.74, 6) is 1.81. The highest BCUT2D eigenvalue weighted by Gasteiger charge is 2.24. The molecular formula is C46H28O. The largest absolute Gasteiger partial charge is 0.456 e. The molecule has 1 heterocycles. The number of fused-ring (bicyclic) bond motifs is 6. The molecule has 1 aliphatic heterocycles. The average Bonchev–Trinajstić information content (AvgIpc) is 3.14. The minimum atomic E-state index is 0.905. The van der Waals surface area contributed by atoms with Gasteiger partial charge in [-0.2, -0.15) is 0 Å². The maximum Gasteiger partial charge on any atom is 0.135 e. The monoisotopic (exact) mass is 596 g/mol. The summed E-state index contributed by atoms with van der Waals surface area (Å²) in [6, 6.07) is 61.5. The van der Waals surface area contributed by atoms with Crippen molar-refractivity contribution in [3.63, 3.8) is 0 Å². The van der Waals surface area contributed by atoms with Gasteiger partial charge in [-0.05, 0) is 94.8 Å². The van der Waals surface area contributed by atoms with E-state index in [0.29, 0.717) is 0 Å². The summed E-state index contributed by atoms with van der Waals surface area (Å²) in [4.78, 5) is 0. The zero-order valence-corrected chi connectivity index (χ0v) is 25.6. The molecule has 218 valence electrons. The lowest BCUT2D eigenvalue weighted by molar-refractivity contribution is 0.487. The fraction of sp³-hybridized carbons (Fsp3) is 0. The maximum absolute atomic E-state index is 6.53. The van der Waals surface area contributed by atoms with Gasteiger partial charge in [0, 0.05) is 10.9 Å². The first-order valence-electron chi connectivity index (χ1n) is 16.2. The van der Waals surface area contributed by atoms with E-state index in [-0.39, 0.29) is 0 Å². The number of para-hydroxylation sites is 1. The summed E-state index contributed by atoms with van der Waals surface area (Å²) in [5.41, 5.74) is 9.78. The number of rotatable bonds is 3. The summed E-state index contributed by atoms with van der Waals surface area (Å²) >= 11 is 0. The van der Waals surface area contributed by atoms with Gasteiger partial charge in [0.15, 0.2) is 0 Å². The smallest absolute Gasteiger partial charge is 0.135 e. The second kappa shape index (κ2) is 10.2. The van der Waals surface area contributed by atoms with E-state index in [1.807, 2.05) is 6.07 Å². The normalized spacial score (nSPS) is 12.0. The van der Waals surface area contributed by atoms with Gasteiger partial charge in [0.25, 0.3) is 0 Å². The Hall–Kier alpha value is -6.18. The van der Waals surface area contributed by atoms with E-state index in [1.54, 1.807) is 0 Å². The van der Waals surface area contributed by atoms with Crippen molar-refractivity contribution in [3.8, 4) is 56.0 Å². The van der Waals surface area contributed by atoms with E-state index in [4.69, 9.17) is 4.74 Å². The van der Waals surface area contributed by atoms with Crippen LogP contribution in [0, 0.1) is 0 Å². The summed E-state index contributed by atoms with van der Waals surface area (Å²) in [6.07, 6.45) is 0. The van der Waals surface area contributed by atoms with Crippen LogP contribution in [0.3, 0.4) is 0 Å². The number of benzene rings is 9. The molecule has 0 bridgehead atoms. The van der Waals surface area contributed by atoms with Crippen LogP contribution in [0.1, 0.15) is 0 Å². The fourth-order valence-corrected chi connectivity index (χ4v) is 7.90. The highest BCUT2D eigenvalue weighted by Crippen LogP contribution is 2.52. The van der Waals surface area contributed by atoms with Crippen LogP contribution >= 0.6 is 0 Å². The van der Waals surface area contributed by atoms with E-state index in [9.17, 15) is 0 Å². The van der Waals surface area contributed by atoms with Crippen molar-refractivity contribution in [1.82, 2.24) is 0 Å². The Morgan fingerprint density at radius 2 is 0.851 bits per heavy atom. The molecule has 9 aromatic carbocycles. The highest BCUT2D eigenvalue weighted by atomic mass is 16.5. The predicted octanol–water partition coefficient (Wildman–Crippen LogP) is 13.1. The molecule has 1 nitrogen and oxygen atoms in total. The van der Waals surface area contributed by atoms with Crippen LogP contribution in [0.4, 0.5) is 0 Å². The standard InChI is InChI=1S/C46H28O/c1-3-13-29(14-4-1)31-20-11-21-34-32(31)25-26-40-43(30-15-5-2-6-16-30)36-18-7-8-19-38(36)45(46(34)40)39-27-28-42-44-35(22-12-23-37(39)44)33-17-9-10-24-41(33)47-42/h1-28H. The van der Waals surface area contributed by atoms with Gasteiger partial charge in [-0.3, -0.25) is 0 Å². The van der Waals surface area contributed by atoms with Crippen LogP contribution in [0.5, 0.6) is 11.5 Å². The average molecular weight is 597 g/mol. The molecule has 0 amide bonds. The van der Waals surface area contributed by atoms with E-state index in [1.165, 1.54) is 82.0 Å². The fourth-order valence-electron chi connectivity index (χ4n) is 7.90. The van der Waals surface area contributed by atoms with Crippen LogP contribution in [0.15, 0.2) is 170 Å². The molecule has 47 heavy (non-hydrogen) atoms. The van der Waals surface area contributed by atoms with Crippen molar-refractivity contribution in [1.29, 1.82) is 0 Å². The molecule has 1 aliphatic rings. The Labute approximate surface area is 272 Å². The minimum Gasteiger partial charge on any atom is -0.456 e. The van der Waals surface area contributed by atoms with Gasteiger partial charge in [0.2, 0.25) is 0 Å². The Morgan fingerprint density at radius 1 is 0.255 bits per heavy atom. The van der Waals surface area contributed by atoms with Crippen LogP contribution in [-0.2, 0) is 0 Å². The molecule has 0 aromatic heterocycles. The third-order valence-electron chi connectivity index (χ3n) is 9.86. The third-order valence-corrected chi connectivity index (χ3v) is 9.86. The quantitative estimate of drug-likeness (QED) is 0.146. The number of hydrogen-bond donors (Lipinski definition) is 0. The lowest BCUT2D eigenvalue weighted by Crippen LogP contribution is -1.98. The van der Waals surface area contributed by atoms with Crippen LogP contribution in [-0.4, -0.2) is 0 Å². The molecule has 1 heteroatoms. The Morgan fingerprint density at radius 3 is 1.66 bits per heavy atom. The van der Waals surface area contributed by atoms with Crippen molar-refractivity contribution in [2.24, 2.45) is 0 Å². The van der Waals surface area contributed by atoms with Crippen LogP contribution in [0.25, 0.3) is 87.6 Å². The Balaban J connectivity index is 1.41. The van der Waals surface area contributed by atoms with Gasteiger partial charge in [-0.1, -0.05) is 152 Å². The summed E-state index contributed by atoms with van der Waals surface area (Å²) in [5, 5.41) is 9.89. The Bertz CT molecular complexity index is 2690. The molecular weight excluding hydrogens is 569 g/mol. The molecule has 0 unspecified atom stereocenters. The zero-order valence-electron chi connectivity index (χ0n) is 25.6. The van der Waals surface area contributed by atoms with E-state index in [0.717, 1.165) is 17.1 Å². The summed E-state index contributed by atoms with van der Waals surface area (Å²) in [7, 11) is 0. The first kappa shape index (κ1) is 26.1. The van der Waals surface area contributed by atoms with Gasteiger partial charge >= 0.3 is 0 Å². The van der Waals surface area contributed by atoms with Gasteiger partial charge in [-0.25, -0.2) is 0 Å². The molecule has 0 atom stereocenters. The first-order valence-corrected chi connectivity index (χ1v) is 16.2. The predicted molar refractivity (Wildman–Crippen MR) is 198 cm³/mol. The lowest BCUT2D eigenvalue weighted by Gasteiger charge is -2.24. The molecule has 9 aromatic rings.